The molecule has 1 aromatic carbocycles. The first-order chi connectivity index (χ1) is 12.2. The van der Waals surface area contributed by atoms with E-state index >= 15 is 0 Å². The SMILES string of the molecule is Cn1cnc2c(Br)cc(OC3CCC(NC[C@H](O)C(F)(F)F)CC3)cc21. The molecule has 1 atom stereocenters. The number of rotatable bonds is 5. The second-order valence-electron chi connectivity index (χ2n) is 6.69. The number of aliphatic hydroxyl groups is 1. The maximum absolute atomic E-state index is 12.3. The van der Waals surface area contributed by atoms with Crippen LogP contribution in [0.3, 0.4) is 0 Å². The number of alkyl halides is 3. The molecule has 0 spiro atoms. The highest BCUT2D eigenvalue weighted by atomic mass is 79.9. The number of hydrogen-bond donors (Lipinski definition) is 2. The van der Waals surface area contributed by atoms with E-state index in [0.717, 1.165) is 34.1 Å². The zero-order valence-electron chi connectivity index (χ0n) is 14.3. The van der Waals surface area contributed by atoms with Crippen LogP contribution in [0, 0.1) is 0 Å². The average Bonchev–Trinajstić information content (AvgIpc) is 2.95. The van der Waals surface area contributed by atoms with Crippen LogP contribution < -0.4 is 10.1 Å². The molecule has 9 heteroatoms. The van der Waals surface area contributed by atoms with Crippen LogP contribution in [0.25, 0.3) is 11.0 Å². The molecule has 0 saturated heterocycles. The van der Waals surface area contributed by atoms with Crippen LogP contribution in [-0.4, -0.2) is 45.6 Å². The topological polar surface area (TPSA) is 59.3 Å². The Morgan fingerprint density at radius 2 is 2.04 bits per heavy atom. The number of nitrogens with zero attached hydrogens (tertiary/aromatic N) is 2. The molecule has 0 bridgehead atoms. The number of benzene rings is 1. The molecule has 1 saturated carbocycles. The molecule has 0 aliphatic heterocycles. The molecular weight excluding hydrogens is 415 g/mol. The first kappa shape index (κ1) is 19.4. The Morgan fingerprint density at radius 1 is 1.35 bits per heavy atom. The highest BCUT2D eigenvalue weighted by molar-refractivity contribution is 9.10. The Morgan fingerprint density at radius 3 is 2.69 bits per heavy atom. The van der Waals surface area contributed by atoms with Crippen LogP contribution in [0.2, 0.25) is 0 Å². The Kier molecular flexibility index (Phi) is 5.78. The van der Waals surface area contributed by atoms with Crippen molar-refractivity contribution in [1.29, 1.82) is 0 Å². The second kappa shape index (κ2) is 7.74. The van der Waals surface area contributed by atoms with Gasteiger partial charge in [0.25, 0.3) is 0 Å². The molecule has 3 rings (SSSR count). The van der Waals surface area contributed by atoms with E-state index < -0.39 is 18.8 Å². The fourth-order valence-corrected chi connectivity index (χ4v) is 3.73. The van der Waals surface area contributed by atoms with Gasteiger partial charge in [0.1, 0.15) is 11.3 Å². The largest absolute Gasteiger partial charge is 0.490 e. The van der Waals surface area contributed by atoms with Crippen molar-refractivity contribution in [2.45, 2.75) is 50.1 Å². The predicted octanol–water partition coefficient (Wildman–Crippen LogP) is 3.54. The van der Waals surface area contributed by atoms with Crippen molar-refractivity contribution < 1.29 is 23.0 Å². The van der Waals surface area contributed by atoms with Gasteiger partial charge < -0.3 is 19.7 Å². The summed E-state index contributed by atoms with van der Waals surface area (Å²) >= 11 is 3.50. The number of imidazole rings is 1. The zero-order chi connectivity index (χ0) is 18.9. The van der Waals surface area contributed by atoms with Gasteiger partial charge in [-0.2, -0.15) is 13.2 Å². The highest BCUT2D eigenvalue weighted by Crippen LogP contribution is 2.31. The lowest BCUT2D eigenvalue weighted by atomic mass is 9.93. The molecule has 0 radical (unpaired) electrons. The van der Waals surface area contributed by atoms with E-state index in [2.05, 4.69) is 26.2 Å². The first-order valence-corrected chi connectivity index (χ1v) is 9.28. The summed E-state index contributed by atoms with van der Waals surface area (Å²) in [7, 11) is 1.91. The smallest absolute Gasteiger partial charge is 0.415 e. The lowest BCUT2D eigenvalue weighted by molar-refractivity contribution is -0.202. The number of ether oxygens (including phenoxy) is 1. The summed E-state index contributed by atoms with van der Waals surface area (Å²) in [5, 5.41) is 11.9. The Labute approximate surface area is 157 Å². The molecule has 2 aromatic rings. The molecule has 1 aliphatic rings. The van der Waals surface area contributed by atoms with Crippen molar-refractivity contribution in [2.24, 2.45) is 7.05 Å². The Balaban J connectivity index is 1.52. The van der Waals surface area contributed by atoms with Gasteiger partial charge in [-0.05, 0) is 47.7 Å². The summed E-state index contributed by atoms with van der Waals surface area (Å²) in [6, 6.07) is 3.80. The molecule has 0 unspecified atom stereocenters. The standard InChI is InChI=1S/C17H21BrF3N3O2/c1-24-9-23-16-13(18)6-12(7-14(16)24)26-11-4-2-10(3-5-11)22-8-15(25)17(19,20)21/h6-7,9-11,15,22,25H,2-5,8H2,1H3/t10?,11?,15-/m0/s1. The van der Waals surface area contributed by atoms with E-state index in [1.54, 1.807) is 6.33 Å². The zero-order valence-corrected chi connectivity index (χ0v) is 15.8. The number of halogens is 4. The van der Waals surface area contributed by atoms with E-state index in [4.69, 9.17) is 9.84 Å². The third-order valence-corrected chi connectivity index (χ3v) is 5.32. The van der Waals surface area contributed by atoms with E-state index in [1.165, 1.54) is 0 Å². The van der Waals surface area contributed by atoms with Gasteiger partial charge in [0, 0.05) is 30.2 Å². The third-order valence-electron chi connectivity index (χ3n) is 4.71. The van der Waals surface area contributed by atoms with Gasteiger partial charge in [-0.15, -0.1) is 0 Å². The quantitative estimate of drug-likeness (QED) is 0.753. The molecular formula is C17H21BrF3N3O2. The van der Waals surface area contributed by atoms with Gasteiger partial charge >= 0.3 is 6.18 Å². The van der Waals surface area contributed by atoms with Crippen LogP contribution >= 0.6 is 15.9 Å². The number of nitrogens with one attached hydrogen (secondary N) is 1. The van der Waals surface area contributed by atoms with Gasteiger partial charge in [0.2, 0.25) is 0 Å². The summed E-state index contributed by atoms with van der Waals surface area (Å²) in [4.78, 5) is 4.32. The number of aryl methyl sites for hydroxylation is 1. The Hall–Kier alpha value is -1.32. The predicted molar refractivity (Wildman–Crippen MR) is 95.2 cm³/mol. The summed E-state index contributed by atoms with van der Waals surface area (Å²) in [6.45, 7) is -0.468. The van der Waals surface area contributed by atoms with Crippen molar-refractivity contribution in [1.82, 2.24) is 14.9 Å². The molecule has 1 heterocycles. The van der Waals surface area contributed by atoms with Crippen molar-refractivity contribution in [3.63, 3.8) is 0 Å². The molecule has 1 aromatic heterocycles. The van der Waals surface area contributed by atoms with Crippen molar-refractivity contribution in [3.05, 3.63) is 22.9 Å². The van der Waals surface area contributed by atoms with Gasteiger partial charge in [-0.25, -0.2) is 4.98 Å². The van der Waals surface area contributed by atoms with Crippen molar-refractivity contribution in [3.8, 4) is 5.75 Å². The molecule has 144 valence electrons. The minimum atomic E-state index is -4.58. The van der Waals surface area contributed by atoms with Crippen LogP contribution in [-0.2, 0) is 7.05 Å². The number of hydrogen-bond acceptors (Lipinski definition) is 4. The molecule has 1 aliphatic carbocycles. The number of aromatic nitrogens is 2. The normalized spacial score (nSPS) is 22.5. The van der Waals surface area contributed by atoms with E-state index in [1.807, 2.05) is 23.7 Å². The van der Waals surface area contributed by atoms with Gasteiger partial charge in [-0.1, -0.05) is 0 Å². The molecule has 5 nitrogen and oxygen atoms in total. The summed E-state index contributed by atoms with van der Waals surface area (Å²) in [5.41, 5.74) is 1.84. The van der Waals surface area contributed by atoms with E-state index in [-0.39, 0.29) is 12.1 Å². The van der Waals surface area contributed by atoms with Crippen LogP contribution in [0.4, 0.5) is 13.2 Å². The molecule has 1 fully saturated rings. The first-order valence-electron chi connectivity index (χ1n) is 8.49. The maximum atomic E-state index is 12.3. The Bertz CT molecular complexity index is 758. The molecule has 26 heavy (non-hydrogen) atoms. The van der Waals surface area contributed by atoms with Gasteiger partial charge in [-0.3, -0.25) is 0 Å². The number of aliphatic hydroxyl groups excluding tert-OH is 1. The second-order valence-corrected chi connectivity index (χ2v) is 7.54. The maximum Gasteiger partial charge on any atom is 0.415 e. The minimum absolute atomic E-state index is 0.0261. The summed E-state index contributed by atoms with van der Waals surface area (Å²) in [5.74, 6) is 0.747. The fraction of sp³-hybridized carbons (Fsp3) is 0.588. The van der Waals surface area contributed by atoms with Crippen molar-refractivity contribution in [2.75, 3.05) is 6.54 Å². The van der Waals surface area contributed by atoms with Gasteiger partial charge in [0.05, 0.1) is 17.9 Å². The third kappa shape index (κ3) is 4.50. The monoisotopic (exact) mass is 435 g/mol. The lowest BCUT2D eigenvalue weighted by Crippen LogP contribution is -2.44. The van der Waals surface area contributed by atoms with Crippen LogP contribution in [0.1, 0.15) is 25.7 Å². The highest BCUT2D eigenvalue weighted by Gasteiger charge is 2.38. The minimum Gasteiger partial charge on any atom is -0.490 e. The van der Waals surface area contributed by atoms with E-state index in [0.29, 0.717) is 12.8 Å². The summed E-state index contributed by atoms with van der Waals surface area (Å²) < 4.78 is 45.9. The van der Waals surface area contributed by atoms with Crippen LogP contribution in [0.5, 0.6) is 5.75 Å². The fourth-order valence-electron chi connectivity index (χ4n) is 3.20. The van der Waals surface area contributed by atoms with Crippen LogP contribution in [0.15, 0.2) is 22.9 Å². The van der Waals surface area contributed by atoms with Gasteiger partial charge in [0.15, 0.2) is 6.10 Å². The molecule has 2 N–H and O–H groups in total. The summed E-state index contributed by atoms with van der Waals surface area (Å²) in [6.07, 6.45) is -2.20. The number of fused-ring (bicyclic) bond motifs is 1. The van der Waals surface area contributed by atoms with Crippen molar-refractivity contribution >= 4 is 27.0 Å². The molecule has 0 amide bonds. The van der Waals surface area contributed by atoms with E-state index in [9.17, 15) is 13.2 Å². The lowest BCUT2D eigenvalue weighted by Gasteiger charge is -2.30. The average molecular weight is 436 g/mol.